The molecule has 1 fully saturated rings. The smallest absolute Gasteiger partial charge is 0.283 e. The van der Waals surface area contributed by atoms with Gasteiger partial charge in [-0.3, -0.25) is 0 Å². The summed E-state index contributed by atoms with van der Waals surface area (Å²) in [5.74, 6) is 0.486. The van der Waals surface area contributed by atoms with Crippen LogP contribution in [0, 0.1) is 5.95 Å². The summed E-state index contributed by atoms with van der Waals surface area (Å²) in [5, 5.41) is 0. The molecule has 1 atom stereocenters. The lowest BCUT2D eigenvalue weighted by Gasteiger charge is -2.40. The lowest BCUT2D eigenvalue weighted by molar-refractivity contribution is -0.0277. The van der Waals surface area contributed by atoms with Gasteiger partial charge in [-0.25, -0.2) is 15.0 Å². The van der Waals surface area contributed by atoms with Gasteiger partial charge < -0.3 is 24.8 Å². The van der Waals surface area contributed by atoms with Gasteiger partial charge in [0.25, 0.3) is 6.02 Å². The molecule has 9 heteroatoms. The van der Waals surface area contributed by atoms with E-state index < -0.39 is 11.5 Å². The highest BCUT2D eigenvalue weighted by atomic mass is 19.1. The number of nitrogens with zero attached hydrogens (tertiary/aromatic N) is 4. The van der Waals surface area contributed by atoms with Crippen molar-refractivity contribution in [3.63, 3.8) is 0 Å². The molecule has 34 heavy (non-hydrogen) atoms. The fourth-order valence-electron chi connectivity index (χ4n) is 4.90. The van der Waals surface area contributed by atoms with E-state index in [2.05, 4.69) is 28.7 Å². The van der Waals surface area contributed by atoms with Crippen LogP contribution >= 0.6 is 0 Å². The summed E-state index contributed by atoms with van der Waals surface area (Å²) in [5.41, 5.74) is 8.29. The standard InChI is InChI=1S/C25H24FN5O3/c1-24(2)13-31(8-9-33-24)16-11-19-22(29-12-16)34-20-6-5-15(17-4-3-7-28-21(17)26)10-18(20)25(19)14-32-23(27)30-25/h3-7,10-12H,8-9,13-14H2,1-2H3,(H2,27,30). The largest absolute Gasteiger partial charge is 0.462 e. The normalized spacial score (nSPS) is 22.4. The number of aliphatic imine (C=N–C) groups is 1. The van der Waals surface area contributed by atoms with Crippen LogP contribution in [0.25, 0.3) is 11.1 Å². The van der Waals surface area contributed by atoms with Crippen molar-refractivity contribution in [2.45, 2.75) is 25.0 Å². The number of ether oxygens (including phenoxy) is 3. The molecule has 3 aliphatic rings. The van der Waals surface area contributed by atoms with Crippen molar-refractivity contribution < 1.29 is 18.6 Å². The van der Waals surface area contributed by atoms with E-state index in [1.807, 2.05) is 12.1 Å². The SMILES string of the molecule is CC1(C)CN(c2cnc3c(c2)C2(COC(N)=N2)c2cc(-c4cccnc4F)ccc2O3)CCO1. The third-order valence-electron chi connectivity index (χ3n) is 6.50. The van der Waals surface area contributed by atoms with E-state index in [4.69, 9.17) is 24.9 Å². The van der Waals surface area contributed by atoms with Crippen LogP contribution < -0.4 is 15.4 Å². The Morgan fingerprint density at radius 1 is 1.12 bits per heavy atom. The number of benzene rings is 1. The predicted octanol–water partition coefficient (Wildman–Crippen LogP) is 3.59. The summed E-state index contributed by atoms with van der Waals surface area (Å²) in [6.07, 6.45) is 3.23. The molecular weight excluding hydrogens is 437 g/mol. The number of morpholine rings is 1. The number of rotatable bonds is 2. The molecule has 3 aliphatic heterocycles. The van der Waals surface area contributed by atoms with Gasteiger partial charge in [0.2, 0.25) is 11.8 Å². The molecule has 0 amide bonds. The molecule has 3 aromatic rings. The Morgan fingerprint density at radius 3 is 2.76 bits per heavy atom. The van der Waals surface area contributed by atoms with Crippen LogP contribution in [-0.2, 0) is 15.0 Å². The minimum absolute atomic E-state index is 0.0923. The van der Waals surface area contributed by atoms with Crippen molar-refractivity contribution in [1.82, 2.24) is 9.97 Å². The highest BCUT2D eigenvalue weighted by Gasteiger charge is 2.48. The van der Waals surface area contributed by atoms with Crippen LogP contribution in [0.15, 0.2) is 53.8 Å². The van der Waals surface area contributed by atoms with E-state index in [1.165, 1.54) is 6.20 Å². The van der Waals surface area contributed by atoms with Gasteiger partial charge >= 0.3 is 0 Å². The highest BCUT2D eigenvalue weighted by molar-refractivity contribution is 5.78. The topological polar surface area (TPSA) is 95.1 Å². The average Bonchev–Trinajstić information content (AvgIpc) is 3.21. The zero-order chi connectivity index (χ0) is 23.5. The molecule has 0 bridgehead atoms. The Balaban J connectivity index is 1.49. The van der Waals surface area contributed by atoms with E-state index in [0.717, 1.165) is 29.9 Å². The second kappa shape index (κ2) is 7.39. The van der Waals surface area contributed by atoms with Gasteiger partial charge in [-0.05, 0) is 49.7 Å². The van der Waals surface area contributed by atoms with E-state index in [0.29, 0.717) is 29.4 Å². The number of nitrogens with two attached hydrogens (primary N) is 1. The third-order valence-corrected chi connectivity index (χ3v) is 6.50. The predicted molar refractivity (Wildman–Crippen MR) is 125 cm³/mol. The van der Waals surface area contributed by atoms with Gasteiger partial charge in [0.15, 0.2) is 5.54 Å². The van der Waals surface area contributed by atoms with Crippen molar-refractivity contribution in [2.24, 2.45) is 10.7 Å². The van der Waals surface area contributed by atoms with Gasteiger partial charge in [0.05, 0.1) is 29.7 Å². The monoisotopic (exact) mass is 461 g/mol. The van der Waals surface area contributed by atoms with E-state index in [1.54, 1.807) is 30.5 Å². The van der Waals surface area contributed by atoms with Crippen molar-refractivity contribution in [3.05, 3.63) is 65.9 Å². The maximum atomic E-state index is 14.5. The summed E-state index contributed by atoms with van der Waals surface area (Å²) in [4.78, 5) is 15.4. The molecule has 1 unspecified atom stereocenters. The Kier molecular flexibility index (Phi) is 4.54. The van der Waals surface area contributed by atoms with E-state index in [-0.39, 0.29) is 18.2 Å². The second-order valence-electron chi connectivity index (χ2n) is 9.33. The van der Waals surface area contributed by atoms with Crippen LogP contribution in [-0.4, -0.2) is 47.9 Å². The molecule has 174 valence electrons. The number of fused-ring (bicyclic) bond motifs is 4. The first kappa shape index (κ1) is 20.9. The average molecular weight is 461 g/mol. The number of halogens is 1. The summed E-state index contributed by atoms with van der Waals surface area (Å²) in [6.45, 7) is 6.44. The first-order valence-corrected chi connectivity index (χ1v) is 11.2. The lowest BCUT2D eigenvalue weighted by atomic mass is 9.81. The number of pyridine rings is 2. The number of anilines is 1. The van der Waals surface area contributed by atoms with Crippen LogP contribution in [0.3, 0.4) is 0 Å². The van der Waals surface area contributed by atoms with Crippen molar-refractivity contribution in [3.8, 4) is 22.8 Å². The maximum absolute atomic E-state index is 14.5. The molecule has 0 radical (unpaired) electrons. The van der Waals surface area contributed by atoms with Crippen molar-refractivity contribution in [1.29, 1.82) is 0 Å². The zero-order valence-electron chi connectivity index (χ0n) is 18.9. The molecule has 2 N–H and O–H groups in total. The molecule has 6 rings (SSSR count). The fraction of sp³-hybridized carbons (Fsp3) is 0.320. The van der Waals surface area contributed by atoms with Crippen LogP contribution in [0.2, 0.25) is 0 Å². The van der Waals surface area contributed by atoms with Crippen LogP contribution in [0.1, 0.15) is 25.0 Å². The van der Waals surface area contributed by atoms with Crippen molar-refractivity contribution in [2.75, 3.05) is 31.2 Å². The van der Waals surface area contributed by atoms with Gasteiger partial charge in [0.1, 0.15) is 12.4 Å². The number of amidine groups is 1. The van der Waals surface area contributed by atoms with E-state index in [9.17, 15) is 4.39 Å². The number of hydrogen-bond acceptors (Lipinski definition) is 8. The Bertz CT molecular complexity index is 1330. The lowest BCUT2D eigenvalue weighted by Crippen LogP contribution is -2.48. The first-order valence-electron chi connectivity index (χ1n) is 11.2. The molecule has 1 spiro atoms. The zero-order valence-corrected chi connectivity index (χ0v) is 18.9. The Morgan fingerprint density at radius 2 is 2.00 bits per heavy atom. The van der Waals surface area contributed by atoms with Gasteiger partial charge in [-0.2, -0.15) is 4.39 Å². The summed E-state index contributed by atoms with van der Waals surface area (Å²) in [6, 6.07) is 11.0. The molecular formula is C25H24FN5O3. The van der Waals surface area contributed by atoms with Gasteiger partial charge in [-0.1, -0.05) is 6.07 Å². The minimum Gasteiger partial charge on any atom is -0.462 e. The fourth-order valence-corrected chi connectivity index (χ4v) is 4.90. The van der Waals surface area contributed by atoms with Crippen molar-refractivity contribution >= 4 is 11.7 Å². The van der Waals surface area contributed by atoms with Crippen LogP contribution in [0.4, 0.5) is 10.1 Å². The second-order valence-corrected chi connectivity index (χ2v) is 9.33. The molecule has 0 aliphatic carbocycles. The number of aromatic nitrogens is 2. The molecule has 8 nitrogen and oxygen atoms in total. The summed E-state index contributed by atoms with van der Waals surface area (Å²) < 4.78 is 32.2. The molecule has 1 saturated heterocycles. The molecule has 2 aromatic heterocycles. The first-order chi connectivity index (χ1) is 16.3. The summed E-state index contributed by atoms with van der Waals surface area (Å²) in [7, 11) is 0. The highest BCUT2D eigenvalue weighted by Crippen LogP contribution is 2.51. The quantitative estimate of drug-likeness (QED) is 0.583. The third kappa shape index (κ3) is 3.27. The summed E-state index contributed by atoms with van der Waals surface area (Å²) >= 11 is 0. The van der Waals surface area contributed by atoms with Crippen LogP contribution in [0.5, 0.6) is 11.6 Å². The minimum atomic E-state index is -0.952. The van der Waals surface area contributed by atoms with E-state index >= 15 is 0 Å². The Labute approximate surface area is 196 Å². The number of hydrogen-bond donors (Lipinski definition) is 1. The van der Waals surface area contributed by atoms with Gasteiger partial charge in [-0.15, -0.1) is 0 Å². The molecule has 1 aromatic carbocycles. The maximum Gasteiger partial charge on any atom is 0.283 e. The molecule has 0 saturated carbocycles. The molecule has 5 heterocycles. The Hall–Kier alpha value is -3.72. The van der Waals surface area contributed by atoms with Gasteiger partial charge in [0, 0.05) is 30.4 Å².